The zero-order valence-electron chi connectivity index (χ0n) is 10.5. The van der Waals surface area contributed by atoms with E-state index in [1.807, 2.05) is 20.8 Å². The Labute approximate surface area is 95.5 Å². The van der Waals surface area contributed by atoms with Crippen LogP contribution in [0.5, 0.6) is 0 Å². The number of nitrogens with zero attached hydrogens (tertiary/aromatic N) is 2. The lowest BCUT2D eigenvalue weighted by atomic mass is 10.2. The number of rotatable bonds is 4. The summed E-state index contributed by atoms with van der Waals surface area (Å²) in [6, 6.07) is 0. The molecule has 0 saturated heterocycles. The van der Waals surface area contributed by atoms with Gasteiger partial charge in [0, 0.05) is 24.3 Å². The van der Waals surface area contributed by atoms with Gasteiger partial charge in [0.05, 0.1) is 0 Å². The highest BCUT2D eigenvalue weighted by molar-refractivity contribution is 5.14. The Morgan fingerprint density at radius 2 is 1.44 bits per heavy atom. The predicted molar refractivity (Wildman–Crippen MR) is 65.0 cm³/mol. The van der Waals surface area contributed by atoms with Crippen LogP contribution in [0.25, 0.3) is 0 Å². The highest BCUT2D eigenvalue weighted by atomic mass is 16.2. The van der Waals surface area contributed by atoms with Gasteiger partial charge in [-0.2, -0.15) is 0 Å². The summed E-state index contributed by atoms with van der Waals surface area (Å²) in [7, 11) is 0. The average Bonchev–Trinajstić information content (AvgIpc) is 2.28. The van der Waals surface area contributed by atoms with E-state index in [2.05, 4.69) is 0 Å². The van der Waals surface area contributed by atoms with Crippen LogP contribution in [0, 0.1) is 13.8 Å². The second-order valence-corrected chi connectivity index (χ2v) is 4.10. The molecule has 0 bridgehead atoms. The Hall–Kier alpha value is -1.32. The number of hydrogen-bond acceptors (Lipinski definition) is 2. The van der Waals surface area contributed by atoms with Gasteiger partial charge in [-0.05, 0) is 26.7 Å². The molecule has 0 aliphatic rings. The molecule has 0 unspecified atom stereocenters. The molecule has 0 atom stereocenters. The fourth-order valence-corrected chi connectivity index (χ4v) is 1.84. The van der Waals surface area contributed by atoms with Gasteiger partial charge in [-0.25, -0.2) is 4.79 Å². The van der Waals surface area contributed by atoms with Crippen molar-refractivity contribution < 1.29 is 0 Å². The molecule has 90 valence electrons. The minimum atomic E-state index is -0.170. The Bertz CT molecular complexity index is 483. The standard InChI is InChI=1S/C12H20N2O2/c1-5-7-13-10(4)9(3)11(15)14(8-6-2)12(13)16/h5-8H2,1-4H3. The lowest BCUT2D eigenvalue weighted by Crippen LogP contribution is -2.42. The van der Waals surface area contributed by atoms with Gasteiger partial charge < -0.3 is 0 Å². The lowest BCUT2D eigenvalue weighted by molar-refractivity contribution is 0.525. The lowest BCUT2D eigenvalue weighted by Gasteiger charge is -2.14. The van der Waals surface area contributed by atoms with Crippen molar-refractivity contribution in [1.29, 1.82) is 0 Å². The maximum absolute atomic E-state index is 12.1. The highest BCUT2D eigenvalue weighted by Gasteiger charge is 2.11. The van der Waals surface area contributed by atoms with Gasteiger partial charge in [0.15, 0.2) is 0 Å². The summed E-state index contributed by atoms with van der Waals surface area (Å²) in [5.41, 5.74) is 1.17. The summed E-state index contributed by atoms with van der Waals surface area (Å²) in [6.07, 6.45) is 1.69. The summed E-state index contributed by atoms with van der Waals surface area (Å²) in [5.74, 6) is 0. The first-order valence-corrected chi connectivity index (χ1v) is 5.85. The maximum atomic E-state index is 12.1. The molecule has 4 heteroatoms. The molecule has 0 aliphatic heterocycles. The van der Waals surface area contributed by atoms with Crippen molar-refractivity contribution in [2.45, 2.75) is 53.6 Å². The van der Waals surface area contributed by atoms with Crippen molar-refractivity contribution in [3.05, 3.63) is 32.1 Å². The molecule has 1 aromatic heterocycles. The van der Waals surface area contributed by atoms with Crippen LogP contribution in [0.3, 0.4) is 0 Å². The molecule has 4 nitrogen and oxygen atoms in total. The van der Waals surface area contributed by atoms with Gasteiger partial charge in [-0.15, -0.1) is 0 Å². The normalized spacial score (nSPS) is 10.8. The first kappa shape index (κ1) is 12.7. The molecular formula is C12H20N2O2. The van der Waals surface area contributed by atoms with E-state index >= 15 is 0 Å². The van der Waals surface area contributed by atoms with Crippen molar-refractivity contribution in [1.82, 2.24) is 9.13 Å². The smallest absolute Gasteiger partial charge is 0.298 e. The van der Waals surface area contributed by atoms with Crippen molar-refractivity contribution in [3.8, 4) is 0 Å². The summed E-state index contributed by atoms with van der Waals surface area (Å²) in [6.45, 7) is 8.79. The third-order valence-electron chi connectivity index (χ3n) is 2.87. The molecule has 0 fully saturated rings. The highest BCUT2D eigenvalue weighted by Crippen LogP contribution is 1.99. The first-order valence-electron chi connectivity index (χ1n) is 5.85. The van der Waals surface area contributed by atoms with E-state index in [0.717, 1.165) is 18.5 Å². The first-order chi connectivity index (χ1) is 7.54. The molecule has 1 rings (SSSR count). The van der Waals surface area contributed by atoms with Gasteiger partial charge in [-0.1, -0.05) is 13.8 Å². The average molecular weight is 224 g/mol. The fourth-order valence-electron chi connectivity index (χ4n) is 1.84. The molecule has 0 saturated carbocycles. The van der Waals surface area contributed by atoms with Crippen LogP contribution in [0.1, 0.15) is 37.9 Å². The third kappa shape index (κ3) is 2.10. The topological polar surface area (TPSA) is 44.0 Å². The summed E-state index contributed by atoms with van der Waals surface area (Å²) >= 11 is 0. The minimum absolute atomic E-state index is 0.142. The zero-order chi connectivity index (χ0) is 12.3. The number of hydrogen-bond donors (Lipinski definition) is 0. The Morgan fingerprint density at radius 1 is 0.938 bits per heavy atom. The molecular weight excluding hydrogens is 204 g/mol. The molecule has 0 amide bonds. The van der Waals surface area contributed by atoms with Gasteiger partial charge in [0.1, 0.15) is 0 Å². The van der Waals surface area contributed by atoms with Crippen LogP contribution < -0.4 is 11.2 Å². The Morgan fingerprint density at radius 3 is 1.94 bits per heavy atom. The van der Waals surface area contributed by atoms with E-state index in [9.17, 15) is 9.59 Å². The van der Waals surface area contributed by atoms with Crippen molar-refractivity contribution in [2.75, 3.05) is 0 Å². The summed E-state index contributed by atoms with van der Waals surface area (Å²) < 4.78 is 3.05. The van der Waals surface area contributed by atoms with E-state index in [0.29, 0.717) is 18.7 Å². The molecule has 16 heavy (non-hydrogen) atoms. The summed E-state index contributed by atoms with van der Waals surface area (Å²) in [5, 5.41) is 0. The largest absolute Gasteiger partial charge is 0.331 e. The second kappa shape index (κ2) is 5.14. The zero-order valence-corrected chi connectivity index (χ0v) is 10.5. The van der Waals surface area contributed by atoms with Gasteiger partial charge in [-0.3, -0.25) is 13.9 Å². The molecule has 0 N–H and O–H groups in total. The van der Waals surface area contributed by atoms with Crippen LogP contribution in [-0.2, 0) is 13.1 Å². The molecule has 0 aromatic carbocycles. The van der Waals surface area contributed by atoms with Crippen molar-refractivity contribution in [2.24, 2.45) is 0 Å². The van der Waals surface area contributed by atoms with Crippen LogP contribution in [-0.4, -0.2) is 9.13 Å². The van der Waals surface area contributed by atoms with Crippen LogP contribution in [0.2, 0.25) is 0 Å². The number of aromatic nitrogens is 2. The molecule has 1 aromatic rings. The molecule has 1 heterocycles. The predicted octanol–water partition coefficient (Wildman–Crippen LogP) is 1.45. The van der Waals surface area contributed by atoms with Crippen LogP contribution in [0.4, 0.5) is 0 Å². The SMILES string of the molecule is CCCn1c(C)c(C)c(=O)n(CCC)c1=O. The van der Waals surface area contributed by atoms with Crippen LogP contribution in [0.15, 0.2) is 9.59 Å². The monoisotopic (exact) mass is 224 g/mol. The van der Waals surface area contributed by atoms with E-state index in [4.69, 9.17) is 0 Å². The molecule has 0 radical (unpaired) electrons. The molecule has 0 aliphatic carbocycles. The van der Waals surface area contributed by atoms with E-state index in [-0.39, 0.29) is 11.2 Å². The second-order valence-electron chi connectivity index (χ2n) is 4.10. The van der Waals surface area contributed by atoms with Gasteiger partial charge >= 0.3 is 5.69 Å². The maximum Gasteiger partial charge on any atom is 0.331 e. The van der Waals surface area contributed by atoms with E-state index in [1.54, 1.807) is 11.5 Å². The van der Waals surface area contributed by atoms with E-state index < -0.39 is 0 Å². The van der Waals surface area contributed by atoms with Crippen molar-refractivity contribution in [3.63, 3.8) is 0 Å². The Kier molecular flexibility index (Phi) is 4.10. The fraction of sp³-hybridized carbons (Fsp3) is 0.667. The van der Waals surface area contributed by atoms with E-state index in [1.165, 1.54) is 4.57 Å². The molecule has 0 spiro atoms. The van der Waals surface area contributed by atoms with Crippen molar-refractivity contribution >= 4 is 0 Å². The third-order valence-corrected chi connectivity index (χ3v) is 2.87. The Balaban J connectivity index is 3.53. The minimum Gasteiger partial charge on any atom is -0.298 e. The summed E-state index contributed by atoms with van der Waals surface area (Å²) in [4.78, 5) is 24.0. The van der Waals surface area contributed by atoms with Crippen LogP contribution >= 0.6 is 0 Å². The quantitative estimate of drug-likeness (QED) is 0.777. The van der Waals surface area contributed by atoms with Gasteiger partial charge in [0.25, 0.3) is 5.56 Å². The van der Waals surface area contributed by atoms with Gasteiger partial charge in [0.2, 0.25) is 0 Å².